The average molecular weight is 369 g/mol. The fourth-order valence-electron chi connectivity index (χ4n) is 2.19. The Bertz CT molecular complexity index is 1040. The number of aromatic nitrogens is 2. The van der Waals surface area contributed by atoms with Gasteiger partial charge in [-0.2, -0.15) is 4.98 Å². The monoisotopic (exact) mass is 368 g/mol. The molecular weight excluding hydrogens is 359 g/mol. The van der Waals surface area contributed by atoms with Crippen LogP contribution in [0.1, 0.15) is 0 Å². The molecule has 118 valence electrons. The molecule has 0 saturated carbocycles. The lowest BCUT2D eigenvalue weighted by atomic mass is 10.2. The number of anilines is 2. The van der Waals surface area contributed by atoms with E-state index in [0.29, 0.717) is 5.52 Å². The zero-order chi connectivity index (χ0) is 16.8. The molecule has 0 radical (unpaired) electrons. The van der Waals surface area contributed by atoms with Crippen LogP contribution >= 0.6 is 23.2 Å². The van der Waals surface area contributed by atoms with Crippen LogP contribution in [0.5, 0.6) is 0 Å². The summed E-state index contributed by atoms with van der Waals surface area (Å²) >= 11 is 11.7. The lowest BCUT2D eigenvalue weighted by molar-refractivity contribution is 0.597. The van der Waals surface area contributed by atoms with Crippen LogP contribution in [-0.2, 0) is 9.84 Å². The molecule has 3 aromatic rings. The van der Waals surface area contributed by atoms with Crippen molar-refractivity contribution in [3.63, 3.8) is 0 Å². The van der Waals surface area contributed by atoms with E-state index in [1.165, 1.54) is 24.3 Å². The molecule has 3 rings (SSSR count). The largest absolute Gasteiger partial charge is 0.383 e. The fraction of sp³-hybridized carbons (Fsp3) is 0. The molecular formula is C14H10Cl2N4O2S. The van der Waals surface area contributed by atoms with Crippen LogP contribution in [0.15, 0.2) is 46.2 Å². The summed E-state index contributed by atoms with van der Waals surface area (Å²) in [4.78, 5) is 7.82. The summed E-state index contributed by atoms with van der Waals surface area (Å²) in [6, 6.07) is 8.66. The van der Waals surface area contributed by atoms with E-state index in [-0.39, 0.29) is 37.0 Å². The summed E-state index contributed by atoms with van der Waals surface area (Å²) in [6.07, 6.45) is 0. The van der Waals surface area contributed by atoms with E-state index >= 15 is 0 Å². The minimum absolute atomic E-state index is 0.00405. The normalized spacial score (nSPS) is 11.7. The van der Waals surface area contributed by atoms with E-state index in [1.807, 2.05) is 0 Å². The molecule has 0 aliphatic rings. The molecule has 0 aliphatic carbocycles. The Morgan fingerprint density at radius 3 is 2.39 bits per heavy atom. The van der Waals surface area contributed by atoms with Crippen LogP contribution in [0.2, 0.25) is 10.0 Å². The lowest BCUT2D eigenvalue weighted by Crippen LogP contribution is -2.07. The second kappa shape index (κ2) is 5.52. The van der Waals surface area contributed by atoms with Gasteiger partial charge >= 0.3 is 0 Å². The molecule has 0 saturated heterocycles. The van der Waals surface area contributed by atoms with Gasteiger partial charge in [0.2, 0.25) is 15.8 Å². The quantitative estimate of drug-likeness (QED) is 0.718. The SMILES string of the molecule is Nc1nc(N)c2c(S(=O)(=O)c3ccc(Cl)c(Cl)c3)cccc2n1. The van der Waals surface area contributed by atoms with Gasteiger partial charge in [-0.15, -0.1) is 0 Å². The van der Waals surface area contributed by atoms with Crippen molar-refractivity contribution in [1.82, 2.24) is 9.97 Å². The van der Waals surface area contributed by atoms with Gasteiger partial charge in [-0.25, -0.2) is 13.4 Å². The van der Waals surface area contributed by atoms with Crippen molar-refractivity contribution in [2.45, 2.75) is 9.79 Å². The van der Waals surface area contributed by atoms with Gasteiger partial charge in [0, 0.05) is 0 Å². The number of nitrogens with zero attached hydrogens (tertiary/aromatic N) is 2. The second-order valence-electron chi connectivity index (χ2n) is 4.70. The van der Waals surface area contributed by atoms with Gasteiger partial charge < -0.3 is 11.5 Å². The minimum atomic E-state index is -3.88. The zero-order valence-corrected chi connectivity index (χ0v) is 13.8. The molecule has 1 aromatic heterocycles. The highest BCUT2D eigenvalue weighted by Gasteiger charge is 2.23. The van der Waals surface area contributed by atoms with Crippen molar-refractivity contribution < 1.29 is 8.42 Å². The third-order valence-corrected chi connectivity index (χ3v) is 5.75. The standard InChI is InChI=1S/C14H10Cl2N4O2S/c15-8-5-4-7(6-9(8)16)23(21,22)11-3-1-2-10-12(11)13(17)20-14(18)19-10/h1-6H,(H4,17,18,19,20). The fourth-order valence-corrected chi connectivity index (χ4v) is 4.07. The van der Waals surface area contributed by atoms with Crippen LogP contribution in [0.25, 0.3) is 10.9 Å². The maximum atomic E-state index is 12.9. The van der Waals surface area contributed by atoms with Crippen LogP contribution in [-0.4, -0.2) is 18.4 Å². The Morgan fingerprint density at radius 2 is 1.70 bits per heavy atom. The molecule has 0 unspecified atom stereocenters. The molecule has 2 aromatic carbocycles. The Kier molecular flexibility index (Phi) is 3.79. The maximum absolute atomic E-state index is 12.9. The summed E-state index contributed by atoms with van der Waals surface area (Å²) in [7, 11) is -3.88. The predicted octanol–water partition coefficient (Wildman–Crippen LogP) is 2.93. The highest BCUT2D eigenvalue weighted by molar-refractivity contribution is 7.91. The molecule has 0 spiro atoms. The van der Waals surface area contributed by atoms with E-state index in [2.05, 4.69) is 9.97 Å². The van der Waals surface area contributed by atoms with Gasteiger partial charge in [0.15, 0.2) is 0 Å². The van der Waals surface area contributed by atoms with E-state index in [4.69, 9.17) is 34.7 Å². The molecule has 9 heteroatoms. The summed E-state index contributed by atoms with van der Waals surface area (Å²) in [5.41, 5.74) is 11.7. The molecule has 1 heterocycles. The first-order valence-electron chi connectivity index (χ1n) is 6.32. The van der Waals surface area contributed by atoms with Gasteiger partial charge in [-0.05, 0) is 30.3 Å². The van der Waals surface area contributed by atoms with Crippen LogP contribution < -0.4 is 11.5 Å². The number of nitrogens with two attached hydrogens (primary N) is 2. The first-order chi connectivity index (χ1) is 10.8. The molecule has 6 nitrogen and oxygen atoms in total. The molecule has 0 fully saturated rings. The number of nitrogen functional groups attached to an aromatic ring is 2. The molecule has 0 atom stereocenters. The van der Waals surface area contributed by atoms with E-state index in [9.17, 15) is 8.42 Å². The van der Waals surface area contributed by atoms with E-state index in [0.717, 1.165) is 0 Å². The van der Waals surface area contributed by atoms with Crippen LogP contribution in [0.3, 0.4) is 0 Å². The molecule has 0 bridgehead atoms. The van der Waals surface area contributed by atoms with Crippen molar-refractivity contribution >= 4 is 55.7 Å². The molecule has 4 N–H and O–H groups in total. The van der Waals surface area contributed by atoms with Gasteiger partial charge in [-0.3, -0.25) is 0 Å². The number of rotatable bonds is 2. The van der Waals surface area contributed by atoms with Crippen molar-refractivity contribution in [1.29, 1.82) is 0 Å². The lowest BCUT2D eigenvalue weighted by Gasteiger charge is -2.10. The number of fused-ring (bicyclic) bond motifs is 1. The third kappa shape index (κ3) is 2.67. The number of sulfone groups is 1. The van der Waals surface area contributed by atoms with Crippen molar-refractivity contribution in [3.8, 4) is 0 Å². The molecule has 23 heavy (non-hydrogen) atoms. The number of benzene rings is 2. The minimum Gasteiger partial charge on any atom is -0.383 e. The van der Waals surface area contributed by atoms with Gasteiger partial charge in [-0.1, -0.05) is 29.3 Å². The number of hydrogen-bond acceptors (Lipinski definition) is 6. The van der Waals surface area contributed by atoms with E-state index in [1.54, 1.807) is 12.1 Å². The summed E-state index contributed by atoms with van der Waals surface area (Å²) in [6.45, 7) is 0. The highest BCUT2D eigenvalue weighted by Crippen LogP contribution is 2.33. The zero-order valence-electron chi connectivity index (χ0n) is 11.5. The first kappa shape index (κ1) is 15.8. The first-order valence-corrected chi connectivity index (χ1v) is 8.56. The highest BCUT2D eigenvalue weighted by atomic mass is 35.5. The Hall–Kier alpha value is -2.09. The number of halogens is 2. The van der Waals surface area contributed by atoms with E-state index < -0.39 is 9.84 Å². The third-order valence-electron chi connectivity index (χ3n) is 3.22. The smallest absolute Gasteiger partial charge is 0.222 e. The molecule has 0 amide bonds. The maximum Gasteiger partial charge on any atom is 0.222 e. The summed E-state index contributed by atoms with van der Waals surface area (Å²) < 4.78 is 25.8. The number of hydrogen-bond donors (Lipinski definition) is 2. The van der Waals surface area contributed by atoms with Crippen molar-refractivity contribution in [2.24, 2.45) is 0 Å². The summed E-state index contributed by atoms with van der Waals surface area (Å²) in [5.74, 6) is -0.0363. The predicted molar refractivity (Wildman–Crippen MR) is 90.3 cm³/mol. The molecule has 0 aliphatic heterocycles. The Morgan fingerprint density at radius 1 is 0.957 bits per heavy atom. The average Bonchev–Trinajstić information content (AvgIpc) is 2.49. The van der Waals surface area contributed by atoms with Crippen molar-refractivity contribution in [3.05, 3.63) is 46.4 Å². The van der Waals surface area contributed by atoms with Crippen molar-refractivity contribution in [2.75, 3.05) is 11.5 Å². The van der Waals surface area contributed by atoms with Gasteiger partial charge in [0.25, 0.3) is 0 Å². The van der Waals surface area contributed by atoms with Crippen LogP contribution in [0, 0.1) is 0 Å². The Balaban J connectivity index is 2.33. The second-order valence-corrected chi connectivity index (χ2v) is 7.43. The Labute approximate surface area is 142 Å². The van der Waals surface area contributed by atoms with Gasteiger partial charge in [0.1, 0.15) is 5.82 Å². The summed E-state index contributed by atoms with van der Waals surface area (Å²) in [5, 5.41) is 0.619. The topological polar surface area (TPSA) is 112 Å². The van der Waals surface area contributed by atoms with Crippen LogP contribution in [0.4, 0.5) is 11.8 Å². The van der Waals surface area contributed by atoms with Gasteiger partial charge in [0.05, 0.1) is 30.7 Å².